The second-order valence-corrected chi connectivity index (χ2v) is 10.1. The van der Waals surface area contributed by atoms with Gasteiger partial charge in [0.1, 0.15) is 0 Å². The van der Waals surface area contributed by atoms with E-state index in [2.05, 4.69) is 14.9 Å². The minimum absolute atomic E-state index is 0.0663. The standard InChI is InChI=1S/C20H22N4O4S2/c1-14-17(30(26,27)21-10-9-15-7-3-2-4-8-15)13-16(29-14)18-22-19(28-23-18)20(25)24-11-5-6-12-24/h2-4,7-8,13,21H,5-6,9-12H2,1H3. The minimum atomic E-state index is -3.67. The maximum Gasteiger partial charge on any atom is 0.316 e. The maximum atomic E-state index is 12.7. The predicted octanol–water partition coefficient (Wildman–Crippen LogP) is 2.86. The molecule has 0 bridgehead atoms. The van der Waals surface area contributed by atoms with E-state index in [0.29, 0.717) is 35.8 Å². The lowest BCUT2D eigenvalue weighted by Crippen LogP contribution is -2.27. The van der Waals surface area contributed by atoms with Crippen molar-refractivity contribution in [1.82, 2.24) is 19.8 Å². The molecule has 158 valence electrons. The number of thiophene rings is 1. The molecule has 1 aliphatic heterocycles. The fraction of sp³-hybridized carbons (Fsp3) is 0.350. The maximum absolute atomic E-state index is 12.7. The SMILES string of the molecule is Cc1sc(-c2noc(C(=O)N3CCCC3)n2)cc1S(=O)(=O)NCCc1ccccc1. The third-order valence-electron chi connectivity index (χ3n) is 4.93. The highest BCUT2D eigenvalue weighted by atomic mass is 32.2. The lowest BCUT2D eigenvalue weighted by molar-refractivity contribution is 0.0743. The Kier molecular flexibility index (Phi) is 5.98. The van der Waals surface area contributed by atoms with Crippen molar-refractivity contribution in [2.45, 2.75) is 31.1 Å². The van der Waals surface area contributed by atoms with Crippen LogP contribution in [0.25, 0.3) is 10.7 Å². The highest BCUT2D eigenvalue weighted by Crippen LogP contribution is 2.32. The summed E-state index contributed by atoms with van der Waals surface area (Å²) in [4.78, 5) is 19.6. The summed E-state index contributed by atoms with van der Waals surface area (Å²) in [5.41, 5.74) is 1.06. The van der Waals surface area contributed by atoms with Gasteiger partial charge in [-0.15, -0.1) is 11.3 Å². The molecule has 4 rings (SSSR count). The number of carbonyl (C=O) groups excluding carboxylic acids is 1. The molecule has 1 saturated heterocycles. The second kappa shape index (κ2) is 8.66. The molecule has 8 nitrogen and oxygen atoms in total. The Morgan fingerprint density at radius 3 is 2.70 bits per heavy atom. The highest BCUT2D eigenvalue weighted by molar-refractivity contribution is 7.89. The van der Waals surface area contributed by atoms with Gasteiger partial charge >= 0.3 is 11.8 Å². The van der Waals surface area contributed by atoms with Gasteiger partial charge in [-0.1, -0.05) is 35.5 Å². The largest absolute Gasteiger partial charge is 0.334 e. The first-order chi connectivity index (χ1) is 14.4. The molecule has 1 N–H and O–H groups in total. The fourth-order valence-corrected chi connectivity index (χ4v) is 5.91. The zero-order valence-corrected chi connectivity index (χ0v) is 18.1. The number of aryl methyl sites for hydroxylation is 1. The molecule has 1 fully saturated rings. The molecule has 3 heterocycles. The van der Waals surface area contributed by atoms with Gasteiger partial charge in [0.2, 0.25) is 15.8 Å². The van der Waals surface area contributed by atoms with Crippen LogP contribution in [-0.4, -0.2) is 49.0 Å². The van der Waals surface area contributed by atoms with Crippen LogP contribution in [0.1, 0.15) is 34.0 Å². The number of hydrogen-bond donors (Lipinski definition) is 1. The molecule has 1 aliphatic rings. The van der Waals surface area contributed by atoms with Gasteiger partial charge in [0, 0.05) is 24.5 Å². The van der Waals surface area contributed by atoms with Crippen molar-refractivity contribution in [3.05, 3.63) is 52.7 Å². The van der Waals surface area contributed by atoms with Crippen LogP contribution in [0.4, 0.5) is 0 Å². The molecule has 0 saturated carbocycles. The van der Waals surface area contributed by atoms with Crippen LogP contribution < -0.4 is 4.72 Å². The Morgan fingerprint density at radius 2 is 1.97 bits per heavy atom. The van der Waals surface area contributed by atoms with Gasteiger partial charge in [-0.2, -0.15) is 4.98 Å². The molecule has 0 spiro atoms. The van der Waals surface area contributed by atoms with E-state index < -0.39 is 10.0 Å². The third-order valence-corrected chi connectivity index (χ3v) is 7.70. The summed E-state index contributed by atoms with van der Waals surface area (Å²) in [6, 6.07) is 11.2. The number of carbonyl (C=O) groups is 1. The quantitative estimate of drug-likeness (QED) is 0.598. The highest BCUT2D eigenvalue weighted by Gasteiger charge is 2.27. The average Bonchev–Trinajstić information content (AvgIpc) is 3.48. The van der Waals surface area contributed by atoms with Crippen LogP contribution in [-0.2, 0) is 16.4 Å². The van der Waals surface area contributed by atoms with Crippen molar-refractivity contribution in [2.75, 3.05) is 19.6 Å². The zero-order chi connectivity index (χ0) is 21.1. The van der Waals surface area contributed by atoms with Crippen molar-refractivity contribution < 1.29 is 17.7 Å². The van der Waals surface area contributed by atoms with E-state index in [9.17, 15) is 13.2 Å². The molecular formula is C20H22N4O4S2. The van der Waals surface area contributed by atoms with Crippen LogP contribution in [0.2, 0.25) is 0 Å². The molecule has 0 unspecified atom stereocenters. The Labute approximate surface area is 179 Å². The Bertz CT molecular complexity index is 1130. The van der Waals surface area contributed by atoms with Gasteiger partial charge in [-0.05, 0) is 37.8 Å². The van der Waals surface area contributed by atoms with Gasteiger partial charge < -0.3 is 9.42 Å². The van der Waals surface area contributed by atoms with E-state index in [0.717, 1.165) is 18.4 Å². The van der Waals surface area contributed by atoms with Crippen LogP contribution in [0.15, 0.2) is 45.8 Å². The van der Waals surface area contributed by atoms with Gasteiger partial charge in [0.15, 0.2) is 0 Å². The van der Waals surface area contributed by atoms with Crippen molar-refractivity contribution in [3.63, 3.8) is 0 Å². The Balaban J connectivity index is 1.46. The smallest absolute Gasteiger partial charge is 0.316 e. The minimum Gasteiger partial charge on any atom is -0.334 e. The normalized spacial score (nSPS) is 14.4. The number of likely N-dealkylation sites (tertiary alicyclic amines) is 1. The summed E-state index contributed by atoms with van der Waals surface area (Å²) in [7, 11) is -3.67. The number of benzene rings is 1. The molecule has 10 heteroatoms. The Hall–Kier alpha value is -2.56. The molecule has 0 atom stereocenters. The van der Waals surface area contributed by atoms with E-state index in [1.165, 1.54) is 17.4 Å². The molecule has 0 radical (unpaired) electrons. The predicted molar refractivity (Wildman–Crippen MR) is 113 cm³/mol. The van der Waals surface area contributed by atoms with Gasteiger partial charge in [0.25, 0.3) is 0 Å². The summed E-state index contributed by atoms with van der Waals surface area (Å²) < 4.78 is 33.3. The van der Waals surface area contributed by atoms with Crippen molar-refractivity contribution >= 4 is 27.3 Å². The molecule has 3 aromatic rings. The molecule has 1 amide bonds. The van der Waals surface area contributed by atoms with Gasteiger partial charge in [-0.25, -0.2) is 13.1 Å². The number of amides is 1. The first-order valence-corrected chi connectivity index (χ1v) is 12.0. The van der Waals surface area contributed by atoms with Gasteiger partial charge in [-0.3, -0.25) is 4.79 Å². The summed E-state index contributed by atoms with van der Waals surface area (Å²) in [5, 5.41) is 3.88. The van der Waals surface area contributed by atoms with Crippen LogP contribution >= 0.6 is 11.3 Å². The Morgan fingerprint density at radius 1 is 1.23 bits per heavy atom. The van der Waals surface area contributed by atoms with E-state index in [-0.39, 0.29) is 22.5 Å². The number of aromatic nitrogens is 2. The third kappa shape index (κ3) is 4.45. The summed E-state index contributed by atoms with van der Waals surface area (Å²) in [6.45, 7) is 3.40. The summed E-state index contributed by atoms with van der Waals surface area (Å²) in [5.74, 6) is -0.130. The van der Waals surface area contributed by atoms with Crippen molar-refractivity contribution in [2.24, 2.45) is 0 Å². The van der Waals surface area contributed by atoms with E-state index >= 15 is 0 Å². The van der Waals surface area contributed by atoms with Crippen LogP contribution in [0, 0.1) is 6.92 Å². The average molecular weight is 447 g/mol. The first-order valence-electron chi connectivity index (χ1n) is 9.71. The lowest BCUT2D eigenvalue weighted by atomic mass is 10.2. The topological polar surface area (TPSA) is 105 Å². The van der Waals surface area contributed by atoms with Gasteiger partial charge in [0.05, 0.1) is 9.77 Å². The van der Waals surface area contributed by atoms with Crippen molar-refractivity contribution in [1.29, 1.82) is 0 Å². The van der Waals surface area contributed by atoms with E-state index in [1.807, 2.05) is 30.3 Å². The number of nitrogens with one attached hydrogen (secondary N) is 1. The number of sulfonamides is 1. The summed E-state index contributed by atoms with van der Waals surface area (Å²) >= 11 is 1.25. The molecule has 1 aromatic carbocycles. The fourth-order valence-electron chi connectivity index (χ4n) is 3.36. The summed E-state index contributed by atoms with van der Waals surface area (Å²) in [6.07, 6.45) is 2.54. The number of hydrogen-bond acceptors (Lipinski definition) is 7. The first kappa shape index (κ1) is 20.7. The monoisotopic (exact) mass is 446 g/mol. The zero-order valence-electron chi connectivity index (χ0n) is 16.5. The number of rotatable bonds is 7. The second-order valence-electron chi connectivity index (χ2n) is 7.09. The molecular weight excluding hydrogens is 424 g/mol. The molecule has 0 aliphatic carbocycles. The van der Waals surface area contributed by atoms with Crippen LogP contribution in [0.5, 0.6) is 0 Å². The lowest BCUT2D eigenvalue weighted by Gasteiger charge is -2.10. The van der Waals surface area contributed by atoms with E-state index in [1.54, 1.807) is 11.8 Å². The molecule has 30 heavy (non-hydrogen) atoms. The number of nitrogens with zero attached hydrogens (tertiary/aromatic N) is 3. The van der Waals surface area contributed by atoms with Crippen LogP contribution in [0.3, 0.4) is 0 Å². The molecule has 2 aromatic heterocycles. The van der Waals surface area contributed by atoms with E-state index in [4.69, 9.17) is 4.52 Å². The van der Waals surface area contributed by atoms with Crippen molar-refractivity contribution in [3.8, 4) is 10.7 Å².